The average Bonchev–Trinajstić information content (AvgIpc) is 3.33. The summed E-state index contributed by atoms with van der Waals surface area (Å²) in [6.07, 6.45) is 5.68. The molecular weight excluding hydrogens is 406 g/mol. The van der Waals surface area contributed by atoms with Gasteiger partial charge in [0.15, 0.2) is 0 Å². The fourth-order valence-electron chi connectivity index (χ4n) is 3.58. The van der Waals surface area contributed by atoms with Crippen LogP contribution in [0.1, 0.15) is 29.7 Å². The molecule has 4 nitrogen and oxygen atoms in total. The number of nitrogens with one attached hydrogen (secondary N) is 1. The monoisotopic (exact) mass is 429 g/mol. The minimum absolute atomic E-state index is 0.635. The molecule has 5 heteroatoms. The molecule has 2 aromatic carbocycles. The quantitative estimate of drug-likeness (QED) is 0.428. The number of benzene rings is 2. The molecule has 0 atom stereocenters. The number of likely N-dealkylation sites (tertiary alicyclic amines) is 1. The second kappa shape index (κ2) is 10.3. The highest BCUT2D eigenvalue weighted by Gasteiger charge is 2.11. The first-order valence-corrected chi connectivity index (χ1v) is 10.8. The van der Waals surface area contributed by atoms with Gasteiger partial charge in [-0.2, -0.15) is 0 Å². The van der Waals surface area contributed by atoms with E-state index in [-0.39, 0.29) is 0 Å². The number of hydrogen-bond acceptors (Lipinski definition) is 4. The van der Waals surface area contributed by atoms with Gasteiger partial charge in [-0.15, -0.1) is 0 Å². The zero-order valence-electron chi connectivity index (χ0n) is 17.3. The molecule has 2 heterocycles. The van der Waals surface area contributed by atoms with E-state index in [0.29, 0.717) is 17.3 Å². The molecule has 0 bridgehead atoms. The van der Waals surface area contributed by atoms with Crippen LogP contribution in [-0.2, 0) is 0 Å². The van der Waals surface area contributed by atoms with Gasteiger partial charge in [-0.3, -0.25) is 4.90 Å². The topological polar surface area (TPSA) is 49.2 Å². The van der Waals surface area contributed by atoms with E-state index in [9.17, 15) is 0 Å². The van der Waals surface area contributed by atoms with Crippen LogP contribution >= 0.6 is 11.6 Å². The molecule has 0 spiro atoms. The van der Waals surface area contributed by atoms with Gasteiger partial charge >= 0.3 is 0 Å². The third-order valence-electron chi connectivity index (χ3n) is 5.30. The fraction of sp³-hybridized carbons (Fsp3) is 0.231. The summed E-state index contributed by atoms with van der Waals surface area (Å²) in [6.45, 7) is 3.88. The van der Waals surface area contributed by atoms with Crippen LogP contribution in [0.15, 0.2) is 60.8 Å². The number of aromatic nitrogens is 1. The highest BCUT2D eigenvalue weighted by atomic mass is 35.5. The highest BCUT2D eigenvalue weighted by molar-refractivity contribution is 6.30. The zero-order chi connectivity index (χ0) is 21.5. The number of nitrogens with zero attached hydrogens (tertiary/aromatic N) is 2. The van der Waals surface area contributed by atoms with Crippen molar-refractivity contribution in [2.75, 3.05) is 26.2 Å². The average molecular weight is 430 g/mol. The smallest absolute Gasteiger partial charge is 0.128 e. The van der Waals surface area contributed by atoms with E-state index in [4.69, 9.17) is 21.7 Å². The Morgan fingerprint density at radius 1 is 1.00 bits per heavy atom. The summed E-state index contributed by atoms with van der Waals surface area (Å²) in [5.41, 5.74) is 4.34. The third kappa shape index (κ3) is 5.73. The summed E-state index contributed by atoms with van der Waals surface area (Å²) in [5.74, 6) is 6.96. The first kappa shape index (κ1) is 21.1. The molecule has 0 unspecified atom stereocenters. The predicted octanol–water partition coefficient (Wildman–Crippen LogP) is 5.27. The van der Waals surface area contributed by atoms with Gasteiger partial charge in [0.05, 0.1) is 0 Å². The molecule has 4 rings (SSSR count). The van der Waals surface area contributed by atoms with Gasteiger partial charge in [0, 0.05) is 40.7 Å². The maximum Gasteiger partial charge on any atom is 0.128 e. The van der Waals surface area contributed by atoms with E-state index in [0.717, 1.165) is 47.6 Å². The van der Waals surface area contributed by atoms with Gasteiger partial charge in [0.25, 0.3) is 0 Å². The van der Waals surface area contributed by atoms with Gasteiger partial charge in [0.2, 0.25) is 0 Å². The molecule has 1 N–H and O–H groups in total. The number of pyridine rings is 1. The fourth-order valence-corrected chi connectivity index (χ4v) is 3.70. The summed E-state index contributed by atoms with van der Waals surface area (Å²) >= 11 is 5.95. The molecule has 1 aromatic heterocycles. The van der Waals surface area contributed by atoms with Crippen molar-refractivity contribution >= 4 is 17.8 Å². The van der Waals surface area contributed by atoms with Gasteiger partial charge in [0.1, 0.15) is 18.1 Å². The largest absolute Gasteiger partial charge is 0.492 e. The predicted molar refractivity (Wildman–Crippen MR) is 126 cm³/mol. The molecule has 0 aliphatic carbocycles. The summed E-state index contributed by atoms with van der Waals surface area (Å²) in [5, 5.41) is 8.43. The van der Waals surface area contributed by atoms with Crippen molar-refractivity contribution in [1.82, 2.24) is 9.88 Å². The summed E-state index contributed by atoms with van der Waals surface area (Å²) in [7, 11) is 0. The molecule has 0 saturated carbocycles. The third-order valence-corrected chi connectivity index (χ3v) is 5.56. The number of rotatable bonds is 6. The Bertz CT molecular complexity index is 1090. The summed E-state index contributed by atoms with van der Waals surface area (Å²) in [4.78, 5) is 6.86. The van der Waals surface area contributed by atoms with Crippen LogP contribution < -0.4 is 4.74 Å². The van der Waals surface area contributed by atoms with Crippen molar-refractivity contribution < 1.29 is 4.74 Å². The minimum Gasteiger partial charge on any atom is -0.492 e. The lowest BCUT2D eigenvalue weighted by Gasteiger charge is -2.15. The first-order valence-electron chi connectivity index (χ1n) is 10.4. The maximum atomic E-state index is 7.71. The highest BCUT2D eigenvalue weighted by Crippen LogP contribution is 2.21. The van der Waals surface area contributed by atoms with Gasteiger partial charge in [-0.25, -0.2) is 4.98 Å². The van der Waals surface area contributed by atoms with Crippen LogP contribution in [0.3, 0.4) is 0 Å². The molecule has 1 saturated heterocycles. The standard InChI is InChI=1S/C26H24ClN3O/c27-24-8-5-21(6-9-24)22-7-11-25(29-19-22)10-3-20-4-12-26(23(17-20)18-28)31-16-15-30-13-1-2-14-30/h4-9,11-12,17-19,28H,1-2,13-16H2. The molecule has 156 valence electrons. The van der Waals surface area contributed by atoms with Crippen LogP contribution in [0.25, 0.3) is 11.1 Å². The van der Waals surface area contributed by atoms with Crippen LogP contribution in [0.2, 0.25) is 5.02 Å². The van der Waals surface area contributed by atoms with Gasteiger partial charge in [-0.05, 0) is 73.8 Å². The Balaban J connectivity index is 1.41. The Hall–Kier alpha value is -3.13. The lowest BCUT2D eigenvalue weighted by Crippen LogP contribution is -2.25. The summed E-state index contributed by atoms with van der Waals surface area (Å²) in [6, 6.07) is 17.3. The summed E-state index contributed by atoms with van der Waals surface area (Å²) < 4.78 is 5.91. The van der Waals surface area contributed by atoms with Gasteiger partial charge in [-0.1, -0.05) is 35.7 Å². The Labute approximate surface area is 188 Å². The number of hydrogen-bond donors (Lipinski definition) is 1. The van der Waals surface area contributed by atoms with Crippen molar-refractivity contribution in [3.05, 3.63) is 82.6 Å². The van der Waals surface area contributed by atoms with Crippen molar-refractivity contribution in [2.24, 2.45) is 0 Å². The molecule has 0 amide bonds. The number of ether oxygens (including phenoxy) is 1. The minimum atomic E-state index is 0.635. The van der Waals surface area contributed by atoms with Crippen LogP contribution in [-0.4, -0.2) is 42.3 Å². The van der Waals surface area contributed by atoms with Crippen molar-refractivity contribution in [2.45, 2.75) is 12.8 Å². The molecule has 0 radical (unpaired) electrons. The van der Waals surface area contributed by atoms with E-state index in [1.807, 2.05) is 60.8 Å². The van der Waals surface area contributed by atoms with Crippen LogP contribution in [0.5, 0.6) is 5.75 Å². The first-order chi connectivity index (χ1) is 15.2. The van der Waals surface area contributed by atoms with Crippen molar-refractivity contribution in [3.8, 4) is 28.7 Å². The van der Waals surface area contributed by atoms with E-state index >= 15 is 0 Å². The Kier molecular flexibility index (Phi) is 6.99. The SMILES string of the molecule is N=Cc1cc(C#Cc2ccc(-c3ccc(Cl)cc3)cn2)ccc1OCCN1CCCC1. The molecule has 1 aliphatic heterocycles. The van der Waals surface area contributed by atoms with Crippen molar-refractivity contribution in [3.63, 3.8) is 0 Å². The molecule has 31 heavy (non-hydrogen) atoms. The molecule has 1 aliphatic rings. The van der Waals surface area contributed by atoms with E-state index in [2.05, 4.69) is 21.7 Å². The maximum absolute atomic E-state index is 7.71. The second-order valence-corrected chi connectivity index (χ2v) is 7.92. The molecule has 1 fully saturated rings. The van der Waals surface area contributed by atoms with Gasteiger partial charge < -0.3 is 10.1 Å². The van der Waals surface area contributed by atoms with E-state index < -0.39 is 0 Å². The molecule has 3 aromatic rings. The normalized spacial score (nSPS) is 13.5. The lowest BCUT2D eigenvalue weighted by molar-refractivity contribution is 0.237. The second-order valence-electron chi connectivity index (χ2n) is 7.48. The van der Waals surface area contributed by atoms with E-state index in [1.54, 1.807) is 0 Å². The zero-order valence-corrected chi connectivity index (χ0v) is 18.0. The lowest BCUT2D eigenvalue weighted by atomic mass is 10.1. The van der Waals surface area contributed by atoms with Crippen LogP contribution in [0, 0.1) is 17.3 Å². The van der Waals surface area contributed by atoms with Crippen molar-refractivity contribution in [1.29, 1.82) is 5.41 Å². The van der Waals surface area contributed by atoms with E-state index in [1.165, 1.54) is 19.1 Å². The Morgan fingerprint density at radius 3 is 2.48 bits per heavy atom. The molecular formula is C26H24ClN3O. The number of halogens is 1. The Morgan fingerprint density at radius 2 is 1.77 bits per heavy atom. The van der Waals surface area contributed by atoms with Crippen LogP contribution in [0.4, 0.5) is 0 Å².